The third-order valence-corrected chi connectivity index (χ3v) is 5.85. The molecule has 0 radical (unpaired) electrons. The molecule has 2 amide bonds. The van der Waals surface area contributed by atoms with Crippen molar-refractivity contribution in [2.24, 2.45) is 0 Å². The zero-order valence-electron chi connectivity index (χ0n) is 21.9. The van der Waals surface area contributed by atoms with Crippen molar-refractivity contribution in [1.82, 2.24) is 19.9 Å². The van der Waals surface area contributed by atoms with Gasteiger partial charge in [0, 0.05) is 63.9 Å². The Kier molecular flexibility index (Phi) is 7.56. The van der Waals surface area contributed by atoms with Crippen LogP contribution in [0.3, 0.4) is 0 Å². The summed E-state index contributed by atoms with van der Waals surface area (Å²) in [6.07, 6.45) is 4.57. The van der Waals surface area contributed by atoms with Crippen molar-refractivity contribution < 1.29 is 14.3 Å². The number of carbonyl (C=O) groups excluding carboxylic acids is 2. The summed E-state index contributed by atoms with van der Waals surface area (Å²) in [5.74, 6) is 0.123. The zero-order valence-corrected chi connectivity index (χ0v) is 21.9. The van der Waals surface area contributed by atoms with E-state index < -0.39 is 5.60 Å². The number of anilines is 3. The van der Waals surface area contributed by atoms with Gasteiger partial charge in [0.1, 0.15) is 11.3 Å². The zero-order chi connectivity index (χ0) is 26.6. The predicted octanol–water partition coefficient (Wildman–Crippen LogP) is 3.91. The Hall–Kier alpha value is -4.21. The first-order valence-corrected chi connectivity index (χ1v) is 12.2. The number of pyridine rings is 1. The van der Waals surface area contributed by atoms with Gasteiger partial charge in [-0.25, -0.2) is 14.8 Å². The second-order valence-corrected chi connectivity index (χ2v) is 10.0. The minimum Gasteiger partial charge on any atom is -0.444 e. The lowest BCUT2D eigenvalue weighted by molar-refractivity contribution is 0.0240. The monoisotopic (exact) mass is 503 g/mol. The molecule has 3 heterocycles. The molecule has 1 saturated heterocycles. The van der Waals surface area contributed by atoms with Crippen molar-refractivity contribution in [3.8, 4) is 11.4 Å². The SMILES string of the molecule is CN(C)c1ccc(-c2nccc(C(=O)Nc3cnccc3N3CCN(C(=O)OC(C)(C)C)CC3)n2)cc1. The summed E-state index contributed by atoms with van der Waals surface area (Å²) in [6, 6.07) is 11.3. The first-order chi connectivity index (χ1) is 17.6. The molecule has 0 aliphatic carbocycles. The van der Waals surface area contributed by atoms with E-state index in [1.54, 1.807) is 29.6 Å². The highest BCUT2D eigenvalue weighted by molar-refractivity contribution is 6.04. The Balaban J connectivity index is 1.45. The number of rotatable bonds is 5. The van der Waals surface area contributed by atoms with Crippen LogP contribution in [-0.2, 0) is 4.74 Å². The van der Waals surface area contributed by atoms with Crippen molar-refractivity contribution in [2.45, 2.75) is 26.4 Å². The first-order valence-electron chi connectivity index (χ1n) is 12.2. The van der Waals surface area contributed by atoms with Crippen molar-refractivity contribution >= 4 is 29.1 Å². The summed E-state index contributed by atoms with van der Waals surface area (Å²) < 4.78 is 5.49. The molecule has 3 aromatic rings. The van der Waals surface area contributed by atoms with Gasteiger partial charge < -0.3 is 24.8 Å². The second kappa shape index (κ2) is 10.8. The maximum atomic E-state index is 13.1. The van der Waals surface area contributed by atoms with Crippen molar-refractivity contribution in [1.29, 1.82) is 0 Å². The summed E-state index contributed by atoms with van der Waals surface area (Å²) in [5.41, 5.74) is 3.02. The number of hydrogen-bond donors (Lipinski definition) is 1. The molecule has 1 fully saturated rings. The molecule has 194 valence electrons. The van der Waals surface area contributed by atoms with Gasteiger partial charge in [0.05, 0.1) is 17.6 Å². The average molecular weight is 504 g/mol. The topological polar surface area (TPSA) is 104 Å². The number of carbonyl (C=O) groups is 2. The Labute approximate surface area is 217 Å². The van der Waals surface area contributed by atoms with Crippen LogP contribution in [0.2, 0.25) is 0 Å². The molecule has 10 nitrogen and oxygen atoms in total. The lowest BCUT2D eigenvalue weighted by atomic mass is 10.2. The molecule has 2 aromatic heterocycles. The highest BCUT2D eigenvalue weighted by atomic mass is 16.6. The lowest BCUT2D eigenvalue weighted by Crippen LogP contribution is -2.50. The molecular weight excluding hydrogens is 470 g/mol. The predicted molar refractivity (Wildman–Crippen MR) is 144 cm³/mol. The van der Waals surface area contributed by atoms with E-state index in [2.05, 4.69) is 25.2 Å². The summed E-state index contributed by atoms with van der Waals surface area (Å²) in [7, 11) is 3.95. The quantitative estimate of drug-likeness (QED) is 0.559. The molecule has 4 rings (SSSR count). The number of nitrogens with one attached hydrogen (secondary N) is 1. The molecule has 1 aromatic carbocycles. The van der Waals surface area contributed by atoms with Gasteiger partial charge in [-0.05, 0) is 57.2 Å². The van der Waals surface area contributed by atoms with E-state index in [4.69, 9.17) is 4.74 Å². The van der Waals surface area contributed by atoms with E-state index in [1.807, 2.05) is 70.1 Å². The molecular formula is C27H33N7O3. The normalized spacial score (nSPS) is 13.8. The van der Waals surface area contributed by atoms with Crippen LogP contribution in [0.15, 0.2) is 55.0 Å². The fraction of sp³-hybridized carbons (Fsp3) is 0.370. The van der Waals surface area contributed by atoms with E-state index in [0.29, 0.717) is 37.7 Å². The minimum atomic E-state index is -0.534. The van der Waals surface area contributed by atoms with Crippen LogP contribution in [0, 0.1) is 0 Å². The van der Waals surface area contributed by atoms with E-state index in [-0.39, 0.29) is 17.7 Å². The molecule has 10 heteroatoms. The summed E-state index contributed by atoms with van der Waals surface area (Å²) in [4.78, 5) is 44.4. The third kappa shape index (κ3) is 6.52. The summed E-state index contributed by atoms with van der Waals surface area (Å²) in [6.45, 7) is 7.82. The maximum absolute atomic E-state index is 13.1. The minimum absolute atomic E-state index is 0.256. The van der Waals surface area contributed by atoms with Gasteiger partial charge in [-0.3, -0.25) is 9.78 Å². The molecule has 1 aliphatic rings. The highest BCUT2D eigenvalue weighted by Crippen LogP contribution is 2.27. The van der Waals surface area contributed by atoms with Crippen LogP contribution in [0.5, 0.6) is 0 Å². The van der Waals surface area contributed by atoms with E-state index >= 15 is 0 Å². The number of piperazine rings is 1. The number of hydrogen-bond acceptors (Lipinski definition) is 8. The molecule has 0 spiro atoms. The van der Waals surface area contributed by atoms with Crippen molar-refractivity contribution in [3.05, 3.63) is 60.7 Å². The number of ether oxygens (including phenoxy) is 1. The lowest BCUT2D eigenvalue weighted by Gasteiger charge is -2.37. The molecule has 37 heavy (non-hydrogen) atoms. The molecule has 0 bridgehead atoms. The van der Waals surface area contributed by atoms with Gasteiger partial charge >= 0.3 is 6.09 Å². The van der Waals surface area contributed by atoms with Gasteiger partial charge in [0.2, 0.25) is 0 Å². The van der Waals surface area contributed by atoms with Crippen LogP contribution in [0.4, 0.5) is 21.9 Å². The third-order valence-electron chi connectivity index (χ3n) is 5.85. The Morgan fingerprint density at radius 1 is 0.973 bits per heavy atom. The van der Waals surface area contributed by atoms with E-state index in [0.717, 1.165) is 16.9 Å². The van der Waals surface area contributed by atoms with Crippen LogP contribution >= 0.6 is 0 Å². The molecule has 0 saturated carbocycles. The van der Waals surface area contributed by atoms with Crippen LogP contribution in [0.25, 0.3) is 11.4 Å². The first kappa shape index (κ1) is 25.9. The smallest absolute Gasteiger partial charge is 0.410 e. The Morgan fingerprint density at radius 3 is 2.32 bits per heavy atom. The van der Waals surface area contributed by atoms with Crippen LogP contribution in [-0.4, -0.2) is 77.7 Å². The number of amides is 2. The van der Waals surface area contributed by atoms with Gasteiger partial charge in [0.15, 0.2) is 5.82 Å². The Bertz CT molecular complexity index is 1250. The Morgan fingerprint density at radius 2 is 1.68 bits per heavy atom. The van der Waals surface area contributed by atoms with E-state index in [9.17, 15) is 9.59 Å². The standard InChI is InChI=1S/C27H33N7O3/c1-27(2,3)37-26(36)34-16-14-33(15-17-34)23-11-12-28-18-22(23)31-25(35)21-10-13-29-24(30-21)19-6-8-20(9-7-19)32(4)5/h6-13,18H,14-17H2,1-5H3,(H,31,35). The average Bonchev–Trinajstić information content (AvgIpc) is 2.88. The summed E-state index contributed by atoms with van der Waals surface area (Å²) in [5, 5.41) is 2.95. The highest BCUT2D eigenvalue weighted by Gasteiger charge is 2.27. The summed E-state index contributed by atoms with van der Waals surface area (Å²) >= 11 is 0. The van der Waals surface area contributed by atoms with Gasteiger partial charge in [-0.1, -0.05) is 0 Å². The van der Waals surface area contributed by atoms with Gasteiger partial charge in [-0.2, -0.15) is 0 Å². The molecule has 1 N–H and O–H groups in total. The van der Waals surface area contributed by atoms with Crippen molar-refractivity contribution in [3.63, 3.8) is 0 Å². The van der Waals surface area contributed by atoms with Crippen molar-refractivity contribution in [2.75, 3.05) is 55.4 Å². The molecule has 0 atom stereocenters. The van der Waals surface area contributed by atoms with Gasteiger partial charge in [0.25, 0.3) is 5.91 Å². The van der Waals surface area contributed by atoms with Crippen LogP contribution in [0.1, 0.15) is 31.3 Å². The molecule has 0 unspecified atom stereocenters. The second-order valence-electron chi connectivity index (χ2n) is 10.0. The fourth-order valence-corrected chi connectivity index (χ4v) is 3.93. The number of aromatic nitrogens is 3. The molecule has 1 aliphatic heterocycles. The maximum Gasteiger partial charge on any atom is 0.410 e. The largest absolute Gasteiger partial charge is 0.444 e. The van der Waals surface area contributed by atoms with Crippen LogP contribution < -0.4 is 15.1 Å². The number of benzene rings is 1. The van der Waals surface area contributed by atoms with Gasteiger partial charge in [-0.15, -0.1) is 0 Å². The fourth-order valence-electron chi connectivity index (χ4n) is 3.93. The number of nitrogens with zero attached hydrogens (tertiary/aromatic N) is 6. The van der Waals surface area contributed by atoms with E-state index in [1.165, 1.54) is 0 Å².